The number of furan rings is 1. The Morgan fingerprint density at radius 2 is 0.887 bits per heavy atom. The van der Waals surface area contributed by atoms with E-state index in [0.717, 1.165) is 94.1 Å². The van der Waals surface area contributed by atoms with E-state index in [9.17, 15) is 0 Å². The van der Waals surface area contributed by atoms with E-state index in [0.29, 0.717) is 17.5 Å². The standard InChI is InChI=1S/C57H36N4O/c1-5-18-37(19-6-1)42-26-13-14-27-43(42)40-32-33-44(49(36-40)57-59-55(38-20-7-2-8-21-38)58-56(60-57)39-22-9-3-10-23-39)46-29-17-31-51-52(46)48-35-34-47-45-28-15-16-30-50(45)61(53(47)54(48)62-51)41-24-11-4-12-25-41/h1-36H. The van der Waals surface area contributed by atoms with Crippen LogP contribution >= 0.6 is 0 Å². The van der Waals surface area contributed by atoms with Crippen molar-refractivity contribution >= 4 is 43.7 Å². The molecule has 5 heteroatoms. The third-order valence-corrected chi connectivity index (χ3v) is 11.9. The van der Waals surface area contributed by atoms with E-state index >= 15 is 0 Å². The van der Waals surface area contributed by atoms with Gasteiger partial charge in [-0.2, -0.15) is 0 Å². The summed E-state index contributed by atoms with van der Waals surface area (Å²) in [5.41, 5.74) is 14.2. The van der Waals surface area contributed by atoms with E-state index in [2.05, 4.69) is 187 Å². The first kappa shape index (κ1) is 35.5. The van der Waals surface area contributed by atoms with Crippen molar-refractivity contribution in [1.82, 2.24) is 19.5 Å². The molecule has 0 radical (unpaired) electrons. The summed E-state index contributed by atoms with van der Waals surface area (Å²) in [6.07, 6.45) is 0. The van der Waals surface area contributed by atoms with Gasteiger partial charge >= 0.3 is 0 Å². The van der Waals surface area contributed by atoms with E-state index in [1.165, 1.54) is 5.39 Å². The van der Waals surface area contributed by atoms with Gasteiger partial charge in [-0.15, -0.1) is 0 Å². The normalized spacial score (nSPS) is 11.5. The molecule has 3 aromatic heterocycles. The van der Waals surface area contributed by atoms with Crippen molar-refractivity contribution in [3.63, 3.8) is 0 Å². The van der Waals surface area contributed by atoms with Crippen LogP contribution in [0.4, 0.5) is 0 Å². The number of hydrogen-bond donors (Lipinski definition) is 0. The van der Waals surface area contributed by atoms with Crippen molar-refractivity contribution in [3.05, 3.63) is 218 Å². The molecule has 12 rings (SSSR count). The van der Waals surface area contributed by atoms with Gasteiger partial charge in [-0.25, -0.2) is 15.0 Å². The lowest BCUT2D eigenvalue weighted by molar-refractivity contribution is 0.671. The zero-order valence-corrected chi connectivity index (χ0v) is 33.5. The van der Waals surface area contributed by atoms with Gasteiger partial charge in [0.2, 0.25) is 0 Å². The van der Waals surface area contributed by atoms with Crippen LogP contribution in [0.5, 0.6) is 0 Å². The Morgan fingerprint density at radius 1 is 0.339 bits per heavy atom. The summed E-state index contributed by atoms with van der Waals surface area (Å²) in [7, 11) is 0. The Balaban J connectivity index is 1.15. The number of benzene rings is 9. The predicted octanol–water partition coefficient (Wildman–Crippen LogP) is 14.9. The van der Waals surface area contributed by atoms with Crippen LogP contribution in [-0.2, 0) is 0 Å². The highest BCUT2D eigenvalue weighted by molar-refractivity contribution is 6.24. The topological polar surface area (TPSA) is 56.7 Å². The van der Waals surface area contributed by atoms with E-state index in [1.54, 1.807) is 0 Å². The lowest BCUT2D eigenvalue weighted by Gasteiger charge is -2.16. The molecule has 0 saturated carbocycles. The van der Waals surface area contributed by atoms with Gasteiger partial charge in [0.05, 0.1) is 11.0 Å². The zero-order valence-electron chi connectivity index (χ0n) is 33.5. The van der Waals surface area contributed by atoms with Crippen molar-refractivity contribution in [2.45, 2.75) is 0 Å². The molecule has 0 atom stereocenters. The second kappa shape index (κ2) is 14.7. The quantitative estimate of drug-likeness (QED) is 0.161. The molecule has 0 aliphatic carbocycles. The van der Waals surface area contributed by atoms with Crippen LogP contribution in [0.2, 0.25) is 0 Å². The highest BCUT2D eigenvalue weighted by Gasteiger charge is 2.23. The third-order valence-electron chi connectivity index (χ3n) is 11.9. The van der Waals surface area contributed by atoms with E-state index in [-0.39, 0.29) is 0 Å². The van der Waals surface area contributed by atoms with E-state index < -0.39 is 0 Å². The molecule has 0 saturated heterocycles. The zero-order chi connectivity index (χ0) is 41.0. The summed E-state index contributed by atoms with van der Waals surface area (Å²) in [6, 6.07) is 76.1. The highest BCUT2D eigenvalue weighted by Crippen LogP contribution is 2.46. The first-order valence-electron chi connectivity index (χ1n) is 20.9. The molecular weight excluding hydrogens is 757 g/mol. The summed E-state index contributed by atoms with van der Waals surface area (Å²) in [5, 5.41) is 4.40. The maximum absolute atomic E-state index is 7.01. The fourth-order valence-electron chi connectivity index (χ4n) is 9.07. The summed E-state index contributed by atoms with van der Waals surface area (Å²) >= 11 is 0. The maximum Gasteiger partial charge on any atom is 0.164 e. The second-order valence-electron chi connectivity index (χ2n) is 15.5. The minimum atomic E-state index is 0.586. The molecule has 0 bridgehead atoms. The van der Waals surface area contributed by atoms with Gasteiger partial charge < -0.3 is 8.98 Å². The molecule has 290 valence electrons. The van der Waals surface area contributed by atoms with Gasteiger partial charge in [0.25, 0.3) is 0 Å². The Hall–Kier alpha value is -8.41. The van der Waals surface area contributed by atoms with E-state index in [1.807, 2.05) is 36.4 Å². The molecule has 0 N–H and O–H groups in total. The fraction of sp³-hybridized carbons (Fsp3) is 0. The lowest BCUT2D eigenvalue weighted by atomic mass is 9.89. The maximum atomic E-state index is 7.01. The Bertz CT molecular complexity index is 3560. The number of hydrogen-bond acceptors (Lipinski definition) is 4. The fourth-order valence-corrected chi connectivity index (χ4v) is 9.07. The van der Waals surface area contributed by atoms with Crippen molar-refractivity contribution < 1.29 is 4.42 Å². The van der Waals surface area contributed by atoms with Gasteiger partial charge in [0.1, 0.15) is 5.58 Å². The minimum absolute atomic E-state index is 0.586. The molecule has 0 aliphatic heterocycles. The molecule has 0 amide bonds. The van der Waals surface area contributed by atoms with Crippen LogP contribution in [0.15, 0.2) is 223 Å². The van der Waals surface area contributed by atoms with Crippen LogP contribution in [-0.4, -0.2) is 19.5 Å². The van der Waals surface area contributed by atoms with Crippen molar-refractivity contribution in [1.29, 1.82) is 0 Å². The van der Waals surface area contributed by atoms with Crippen molar-refractivity contribution in [3.8, 4) is 73.2 Å². The summed E-state index contributed by atoms with van der Waals surface area (Å²) in [4.78, 5) is 15.6. The number of nitrogens with zero attached hydrogens (tertiary/aromatic N) is 4. The molecule has 12 aromatic rings. The van der Waals surface area contributed by atoms with Gasteiger partial charge in [-0.1, -0.05) is 182 Å². The highest BCUT2D eigenvalue weighted by atomic mass is 16.3. The van der Waals surface area contributed by atoms with Crippen molar-refractivity contribution in [2.75, 3.05) is 0 Å². The average molecular weight is 793 g/mol. The Kier molecular flexibility index (Phi) is 8.42. The van der Waals surface area contributed by atoms with Gasteiger partial charge in [0.15, 0.2) is 23.1 Å². The van der Waals surface area contributed by atoms with Crippen LogP contribution < -0.4 is 0 Å². The monoisotopic (exact) mass is 792 g/mol. The number of aromatic nitrogens is 4. The van der Waals surface area contributed by atoms with Crippen LogP contribution in [0, 0.1) is 0 Å². The second-order valence-corrected chi connectivity index (χ2v) is 15.5. The van der Waals surface area contributed by atoms with Crippen LogP contribution in [0.1, 0.15) is 0 Å². The Morgan fingerprint density at radius 3 is 1.58 bits per heavy atom. The molecular formula is C57H36N4O. The first-order valence-corrected chi connectivity index (χ1v) is 20.9. The van der Waals surface area contributed by atoms with Gasteiger partial charge in [0, 0.05) is 43.9 Å². The largest absolute Gasteiger partial charge is 0.454 e. The van der Waals surface area contributed by atoms with Gasteiger partial charge in [-0.3, -0.25) is 0 Å². The molecule has 9 aromatic carbocycles. The molecule has 0 aliphatic rings. The summed E-state index contributed by atoms with van der Waals surface area (Å²) in [6.45, 7) is 0. The first-order chi connectivity index (χ1) is 30.8. The number of fused-ring (bicyclic) bond motifs is 7. The average Bonchev–Trinajstić information content (AvgIpc) is 3.91. The minimum Gasteiger partial charge on any atom is -0.454 e. The molecule has 5 nitrogen and oxygen atoms in total. The predicted molar refractivity (Wildman–Crippen MR) is 254 cm³/mol. The summed E-state index contributed by atoms with van der Waals surface area (Å²) < 4.78 is 9.35. The SMILES string of the molecule is c1ccc(-c2nc(-c3ccccc3)nc(-c3cc(-c4ccccc4-c4ccccc4)ccc3-c3cccc4oc5c(ccc6c7ccccc7n(-c7ccccc7)c65)c34)n2)cc1. The smallest absolute Gasteiger partial charge is 0.164 e. The molecule has 3 heterocycles. The van der Waals surface area contributed by atoms with Crippen LogP contribution in [0.25, 0.3) is 117 Å². The number of rotatable bonds is 7. The van der Waals surface area contributed by atoms with E-state index in [4.69, 9.17) is 19.4 Å². The molecule has 62 heavy (non-hydrogen) atoms. The third kappa shape index (κ3) is 5.90. The molecule has 0 spiro atoms. The molecule has 0 fully saturated rings. The van der Waals surface area contributed by atoms with Gasteiger partial charge in [-0.05, 0) is 69.8 Å². The lowest BCUT2D eigenvalue weighted by Crippen LogP contribution is -2.01. The molecule has 0 unspecified atom stereocenters. The number of para-hydroxylation sites is 2. The van der Waals surface area contributed by atoms with Crippen LogP contribution in [0.3, 0.4) is 0 Å². The van der Waals surface area contributed by atoms with Crippen molar-refractivity contribution in [2.24, 2.45) is 0 Å². The Labute approximate surface area is 357 Å². The summed E-state index contributed by atoms with van der Waals surface area (Å²) in [5.74, 6) is 1.81.